The highest BCUT2D eigenvalue weighted by atomic mass is 35.5. The summed E-state index contributed by atoms with van der Waals surface area (Å²) >= 11 is 7.50. The van der Waals surface area contributed by atoms with Crippen LogP contribution in [0.2, 0.25) is 5.02 Å². The van der Waals surface area contributed by atoms with Gasteiger partial charge < -0.3 is 14.5 Å². The third kappa shape index (κ3) is 4.30. The number of hydrogen-bond donors (Lipinski definition) is 1. The number of aromatic amines is 1. The topological polar surface area (TPSA) is 34.2 Å². The van der Waals surface area contributed by atoms with Gasteiger partial charge in [-0.05, 0) is 56.5 Å². The van der Waals surface area contributed by atoms with Gasteiger partial charge in [0.1, 0.15) is 11.5 Å². The molecule has 0 unspecified atom stereocenters. The first-order valence-corrected chi connectivity index (χ1v) is 9.70. The van der Waals surface area contributed by atoms with Gasteiger partial charge in [-0.1, -0.05) is 11.6 Å². The molecule has 8 heteroatoms. The second kappa shape index (κ2) is 7.56. The number of alkyl halides is 3. The zero-order chi connectivity index (χ0) is 19.8. The largest absolute Gasteiger partial charge is 0.475 e. The number of ether oxygens (including phenoxy) is 2. The van der Waals surface area contributed by atoms with Crippen molar-refractivity contribution in [2.24, 2.45) is 0 Å². The lowest BCUT2D eigenvalue weighted by Gasteiger charge is -2.11. The summed E-state index contributed by atoms with van der Waals surface area (Å²) in [6.45, 7) is 3.88. The Morgan fingerprint density at radius 1 is 1.11 bits per heavy atom. The van der Waals surface area contributed by atoms with E-state index in [1.807, 2.05) is 26.2 Å². The molecule has 1 aromatic heterocycles. The van der Waals surface area contributed by atoms with Crippen molar-refractivity contribution in [3.63, 3.8) is 0 Å². The van der Waals surface area contributed by atoms with E-state index in [-0.39, 0.29) is 16.9 Å². The van der Waals surface area contributed by atoms with Gasteiger partial charge in [-0.2, -0.15) is 13.2 Å². The van der Waals surface area contributed by atoms with E-state index in [1.54, 1.807) is 12.1 Å². The second-order valence-electron chi connectivity index (χ2n) is 6.11. The third-order valence-corrected chi connectivity index (χ3v) is 4.84. The Hall–Kier alpha value is -1.99. The molecule has 0 aliphatic carbocycles. The summed E-state index contributed by atoms with van der Waals surface area (Å²) in [5.74, 6) is 1.30. The van der Waals surface area contributed by atoms with Crippen LogP contribution in [0.5, 0.6) is 17.4 Å². The first-order valence-electron chi connectivity index (χ1n) is 8.10. The minimum Gasteiger partial charge on any atom is -0.475 e. The zero-order valence-electron chi connectivity index (χ0n) is 14.8. The molecule has 144 valence electrons. The van der Waals surface area contributed by atoms with Crippen LogP contribution in [0.15, 0.2) is 41.3 Å². The predicted octanol–water partition coefficient (Wildman–Crippen LogP) is 7.14. The fraction of sp³-hybridized carbons (Fsp3) is 0.263. The van der Waals surface area contributed by atoms with Crippen LogP contribution in [-0.2, 0) is 6.18 Å². The van der Waals surface area contributed by atoms with Gasteiger partial charge in [0.05, 0.1) is 21.6 Å². The standard InChI is InChI=1S/C19H17ClF3NO2S/c1-10(2)25-18-17(27-3)13-9-12(5-6-15(13)24-18)26-16-7-4-11(8-14(16)20)19(21,22)23/h4-10,24H,1-3H3. The van der Waals surface area contributed by atoms with E-state index >= 15 is 0 Å². The number of hydrogen-bond acceptors (Lipinski definition) is 3. The third-order valence-electron chi connectivity index (χ3n) is 3.73. The summed E-state index contributed by atoms with van der Waals surface area (Å²) < 4.78 is 49.8. The lowest BCUT2D eigenvalue weighted by Crippen LogP contribution is -2.06. The van der Waals surface area contributed by atoms with E-state index in [0.717, 1.165) is 27.9 Å². The smallest absolute Gasteiger partial charge is 0.416 e. The summed E-state index contributed by atoms with van der Waals surface area (Å²) in [4.78, 5) is 4.16. The molecule has 0 bridgehead atoms. The summed E-state index contributed by atoms with van der Waals surface area (Å²) in [5, 5.41) is 0.798. The normalized spacial score (nSPS) is 12.0. The molecule has 3 rings (SSSR count). The Labute approximate surface area is 163 Å². The lowest BCUT2D eigenvalue weighted by atomic mass is 10.2. The van der Waals surface area contributed by atoms with Crippen LogP contribution in [-0.4, -0.2) is 17.3 Å². The highest BCUT2D eigenvalue weighted by Crippen LogP contribution is 2.40. The minimum absolute atomic E-state index is 0.0191. The number of halogens is 4. The van der Waals surface area contributed by atoms with E-state index in [4.69, 9.17) is 21.1 Å². The van der Waals surface area contributed by atoms with E-state index in [0.29, 0.717) is 11.6 Å². The molecule has 0 fully saturated rings. The second-order valence-corrected chi connectivity index (χ2v) is 7.33. The Balaban J connectivity index is 1.94. The van der Waals surface area contributed by atoms with Crippen molar-refractivity contribution in [3.8, 4) is 17.4 Å². The molecule has 1 N–H and O–H groups in total. The predicted molar refractivity (Wildman–Crippen MR) is 102 cm³/mol. The maximum atomic E-state index is 12.8. The molecule has 3 aromatic rings. The van der Waals surface area contributed by atoms with Crippen LogP contribution in [0.3, 0.4) is 0 Å². The average molecular weight is 416 g/mol. The first-order chi connectivity index (χ1) is 12.7. The van der Waals surface area contributed by atoms with Gasteiger partial charge in [-0.15, -0.1) is 11.8 Å². The zero-order valence-corrected chi connectivity index (χ0v) is 16.4. The molecule has 1 heterocycles. The highest BCUT2D eigenvalue weighted by molar-refractivity contribution is 7.99. The maximum Gasteiger partial charge on any atom is 0.416 e. The van der Waals surface area contributed by atoms with Gasteiger partial charge in [0.25, 0.3) is 0 Å². The molecular formula is C19H17ClF3NO2S. The molecule has 27 heavy (non-hydrogen) atoms. The van der Waals surface area contributed by atoms with Gasteiger partial charge in [-0.25, -0.2) is 0 Å². The Kier molecular flexibility index (Phi) is 5.53. The van der Waals surface area contributed by atoms with E-state index < -0.39 is 11.7 Å². The molecule has 0 amide bonds. The number of benzene rings is 2. The first kappa shape index (κ1) is 19.8. The molecule has 0 radical (unpaired) electrons. The molecule has 3 nitrogen and oxygen atoms in total. The Morgan fingerprint density at radius 3 is 2.44 bits per heavy atom. The monoisotopic (exact) mass is 415 g/mol. The van der Waals surface area contributed by atoms with Crippen LogP contribution in [0.4, 0.5) is 13.2 Å². The van der Waals surface area contributed by atoms with Gasteiger partial charge in [0, 0.05) is 10.9 Å². The van der Waals surface area contributed by atoms with Crippen molar-refractivity contribution in [3.05, 3.63) is 47.0 Å². The summed E-state index contributed by atoms with van der Waals surface area (Å²) in [5.41, 5.74) is 0.0574. The van der Waals surface area contributed by atoms with E-state index in [9.17, 15) is 13.2 Å². The lowest BCUT2D eigenvalue weighted by molar-refractivity contribution is -0.137. The number of nitrogens with one attached hydrogen (secondary N) is 1. The van der Waals surface area contributed by atoms with Crippen molar-refractivity contribution in [2.45, 2.75) is 31.0 Å². The number of rotatable bonds is 5. The molecule has 2 aromatic carbocycles. The SMILES string of the molecule is CSc1c(OC(C)C)[nH]c2ccc(Oc3ccc(C(F)(F)F)cc3Cl)cc12. The Bertz CT molecular complexity index is 969. The van der Waals surface area contributed by atoms with E-state index in [1.165, 1.54) is 17.8 Å². The number of H-pyrrole nitrogens is 1. The van der Waals surface area contributed by atoms with Gasteiger partial charge in [-0.3, -0.25) is 0 Å². The van der Waals surface area contributed by atoms with Crippen molar-refractivity contribution >= 4 is 34.3 Å². The fourth-order valence-electron chi connectivity index (χ4n) is 2.59. The molecule has 0 aliphatic rings. The average Bonchev–Trinajstić information content (AvgIpc) is 2.91. The molecular weight excluding hydrogens is 399 g/mol. The van der Waals surface area contributed by atoms with Gasteiger partial charge in [0.2, 0.25) is 5.88 Å². The van der Waals surface area contributed by atoms with Crippen LogP contribution >= 0.6 is 23.4 Å². The summed E-state index contributed by atoms with van der Waals surface area (Å²) in [7, 11) is 0. The molecule has 0 atom stereocenters. The number of aromatic nitrogens is 1. The molecule has 0 aliphatic heterocycles. The van der Waals surface area contributed by atoms with Gasteiger partial charge >= 0.3 is 6.18 Å². The molecule has 0 saturated heterocycles. The van der Waals surface area contributed by atoms with Gasteiger partial charge in [0.15, 0.2) is 0 Å². The van der Waals surface area contributed by atoms with Crippen LogP contribution in [0.1, 0.15) is 19.4 Å². The minimum atomic E-state index is -4.45. The summed E-state index contributed by atoms with van der Waals surface area (Å²) in [6.07, 6.45) is -2.49. The molecule has 0 spiro atoms. The maximum absolute atomic E-state index is 12.8. The van der Waals surface area contributed by atoms with Crippen molar-refractivity contribution in [1.82, 2.24) is 4.98 Å². The van der Waals surface area contributed by atoms with Crippen LogP contribution in [0, 0.1) is 0 Å². The molecule has 0 saturated carbocycles. The highest BCUT2D eigenvalue weighted by Gasteiger charge is 2.31. The number of fused-ring (bicyclic) bond motifs is 1. The van der Waals surface area contributed by atoms with Crippen LogP contribution in [0.25, 0.3) is 10.9 Å². The van der Waals surface area contributed by atoms with Crippen LogP contribution < -0.4 is 9.47 Å². The fourth-order valence-corrected chi connectivity index (χ4v) is 3.49. The number of thioether (sulfide) groups is 1. The quantitative estimate of drug-likeness (QED) is 0.449. The van der Waals surface area contributed by atoms with Crippen molar-refractivity contribution in [1.29, 1.82) is 0 Å². The van der Waals surface area contributed by atoms with E-state index in [2.05, 4.69) is 4.98 Å². The van der Waals surface area contributed by atoms with Crippen molar-refractivity contribution in [2.75, 3.05) is 6.26 Å². The summed E-state index contributed by atoms with van der Waals surface area (Å²) in [6, 6.07) is 8.37. The Morgan fingerprint density at radius 2 is 1.85 bits per heavy atom. The van der Waals surface area contributed by atoms with Crippen molar-refractivity contribution < 1.29 is 22.6 Å².